The van der Waals surface area contributed by atoms with Crippen molar-refractivity contribution in [2.24, 2.45) is 0 Å². The molecule has 2 aromatic heterocycles. The van der Waals surface area contributed by atoms with Crippen LogP contribution in [0.25, 0.3) is 22.3 Å². The van der Waals surface area contributed by atoms with E-state index in [4.69, 9.17) is 10.00 Å². The first-order valence-electron chi connectivity index (χ1n) is 7.06. The summed E-state index contributed by atoms with van der Waals surface area (Å²) in [6.45, 7) is 1.86. The molecule has 0 unspecified atom stereocenters. The van der Waals surface area contributed by atoms with Crippen LogP contribution in [-0.4, -0.2) is 22.5 Å². The van der Waals surface area contributed by atoms with Gasteiger partial charge >= 0.3 is 5.97 Å². The summed E-state index contributed by atoms with van der Waals surface area (Å²) in [5.41, 5.74) is 1.38. The molecule has 0 bridgehead atoms. The van der Waals surface area contributed by atoms with Gasteiger partial charge < -0.3 is 14.7 Å². The van der Waals surface area contributed by atoms with Crippen LogP contribution in [0.4, 0.5) is 0 Å². The number of hydrogen-bond donors (Lipinski definition) is 2. The van der Waals surface area contributed by atoms with Crippen LogP contribution in [0, 0.1) is 11.3 Å². The van der Waals surface area contributed by atoms with Gasteiger partial charge in [0.15, 0.2) is 0 Å². The van der Waals surface area contributed by atoms with Crippen molar-refractivity contribution in [3.63, 3.8) is 0 Å². The van der Waals surface area contributed by atoms with Gasteiger partial charge in [-0.1, -0.05) is 0 Å². The summed E-state index contributed by atoms with van der Waals surface area (Å²) in [6, 6.07) is 10.2. The van der Waals surface area contributed by atoms with Gasteiger partial charge in [-0.15, -0.1) is 0 Å². The molecule has 1 aromatic carbocycles. The fraction of sp³-hybridized carbons (Fsp3) is 0.118. The van der Waals surface area contributed by atoms with Crippen molar-refractivity contribution < 1.29 is 9.53 Å². The van der Waals surface area contributed by atoms with E-state index in [1.807, 2.05) is 6.07 Å². The first kappa shape index (κ1) is 14.6. The highest BCUT2D eigenvalue weighted by atomic mass is 16.5. The van der Waals surface area contributed by atoms with Crippen LogP contribution < -0.4 is 5.43 Å². The number of carbonyl (C=O) groups is 1. The molecule has 3 aromatic rings. The molecule has 6 heteroatoms. The fourth-order valence-electron chi connectivity index (χ4n) is 2.45. The van der Waals surface area contributed by atoms with Crippen molar-refractivity contribution in [3.8, 4) is 17.5 Å². The van der Waals surface area contributed by atoms with Crippen LogP contribution in [0.15, 0.2) is 41.3 Å². The Balaban J connectivity index is 2.37. The van der Waals surface area contributed by atoms with Crippen molar-refractivity contribution in [1.29, 1.82) is 5.26 Å². The number of pyridine rings is 1. The third-order valence-electron chi connectivity index (χ3n) is 3.48. The Morgan fingerprint density at radius 2 is 2.17 bits per heavy atom. The van der Waals surface area contributed by atoms with Crippen molar-refractivity contribution in [3.05, 3.63) is 57.9 Å². The summed E-state index contributed by atoms with van der Waals surface area (Å²) in [6.07, 6.45) is 1.69. The predicted molar refractivity (Wildman–Crippen MR) is 85.0 cm³/mol. The van der Waals surface area contributed by atoms with E-state index < -0.39 is 11.4 Å². The third-order valence-corrected chi connectivity index (χ3v) is 3.48. The molecule has 0 saturated heterocycles. The topological polar surface area (TPSA) is 98.7 Å². The van der Waals surface area contributed by atoms with Crippen LogP contribution in [0.1, 0.15) is 22.8 Å². The zero-order chi connectivity index (χ0) is 16.4. The lowest BCUT2D eigenvalue weighted by molar-refractivity contribution is 0.0525. The lowest BCUT2D eigenvalue weighted by Crippen LogP contribution is -2.20. The zero-order valence-corrected chi connectivity index (χ0v) is 12.3. The van der Waals surface area contributed by atoms with E-state index in [0.717, 1.165) is 0 Å². The normalized spacial score (nSPS) is 10.4. The van der Waals surface area contributed by atoms with Gasteiger partial charge in [0, 0.05) is 11.6 Å². The second-order valence-corrected chi connectivity index (χ2v) is 4.88. The van der Waals surface area contributed by atoms with E-state index in [0.29, 0.717) is 27.9 Å². The Hall–Kier alpha value is -3.33. The molecule has 0 radical (unpaired) electrons. The van der Waals surface area contributed by atoms with Crippen LogP contribution in [0.2, 0.25) is 0 Å². The molecule has 114 valence electrons. The largest absolute Gasteiger partial charge is 0.462 e. The highest BCUT2D eigenvalue weighted by Crippen LogP contribution is 2.22. The minimum absolute atomic E-state index is 0.0495. The number of ether oxygens (including phenoxy) is 1. The van der Waals surface area contributed by atoms with E-state index >= 15 is 0 Å². The van der Waals surface area contributed by atoms with Gasteiger partial charge in [0.25, 0.3) is 0 Å². The number of aromatic nitrogens is 2. The first-order valence-corrected chi connectivity index (χ1v) is 7.06. The highest BCUT2D eigenvalue weighted by molar-refractivity contribution is 6.00. The fourth-order valence-corrected chi connectivity index (χ4v) is 2.45. The number of nitrogens with one attached hydrogen (secondary N) is 2. The average molecular weight is 307 g/mol. The number of benzene rings is 1. The molecule has 0 atom stereocenters. The molecule has 2 N–H and O–H groups in total. The lowest BCUT2D eigenvalue weighted by atomic mass is 10.0. The number of carbonyl (C=O) groups excluding carboxylic acids is 1. The van der Waals surface area contributed by atoms with Gasteiger partial charge in [0.05, 0.1) is 35.1 Å². The van der Waals surface area contributed by atoms with Gasteiger partial charge in [-0.05, 0) is 37.3 Å². The minimum atomic E-state index is -0.676. The van der Waals surface area contributed by atoms with Crippen LogP contribution in [0.5, 0.6) is 0 Å². The number of aromatic amines is 2. The molecule has 2 heterocycles. The molecule has 0 spiro atoms. The molecule has 0 saturated carbocycles. The minimum Gasteiger partial charge on any atom is -0.462 e. The predicted octanol–water partition coefficient (Wildman–Crippen LogP) is 2.57. The van der Waals surface area contributed by atoms with Crippen LogP contribution in [0.3, 0.4) is 0 Å². The van der Waals surface area contributed by atoms with Crippen LogP contribution in [-0.2, 0) is 4.74 Å². The number of H-pyrrole nitrogens is 2. The molecule has 0 fully saturated rings. The highest BCUT2D eigenvalue weighted by Gasteiger charge is 2.21. The van der Waals surface area contributed by atoms with Crippen molar-refractivity contribution in [1.82, 2.24) is 9.97 Å². The van der Waals surface area contributed by atoms with Gasteiger partial charge in [0.1, 0.15) is 5.56 Å². The number of fused-ring (bicyclic) bond motifs is 1. The Labute approximate surface area is 131 Å². The Kier molecular flexibility index (Phi) is 3.69. The summed E-state index contributed by atoms with van der Waals surface area (Å²) in [7, 11) is 0. The van der Waals surface area contributed by atoms with E-state index in [-0.39, 0.29) is 12.2 Å². The standard InChI is InChI=1S/C17H13N3O3/c1-2-23-17(22)14-15(12-4-3-7-19-12)20-13-8-10(9-18)5-6-11(13)16(14)21/h3-8,19H,2H2,1H3,(H,20,21). The van der Waals surface area contributed by atoms with E-state index in [2.05, 4.69) is 9.97 Å². The number of hydrogen-bond acceptors (Lipinski definition) is 4. The summed E-state index contributed by atoms with van der Waals surface area (Å²) >= 11 is 0. The number of rotatable bonds is 3. The summed E-state index contributed by atoms with van der Waals surface area (Å²) in [5, 5.41) is 9.35. The molecular weight excluding hydrogens is 294 g/mol. The quantitative estimate of drug-likeness (QED) is 0.726. The molecule has 6 nitrogen and oxygen atoms in total. The monoisotopic (exact) mass is 307 g/mol. The van der Waals surface area contributed by atoms with Crippen molar-refractivity contribution in [2.45, 2.75) is 6.92 Å². The molecule has 0 aliphatic carbocycles. The smallest absolute Gasteiger partial charge is 0.344 e. The molecule has 0 amide bonds. The zero-order valence-electron chi connectivity index (χ0n) is 12.3. The maximum Gasteiger partial charge on any atom is 0.344 e. The van der Waals surface area contributed by atoms with Crippen molar-refractivity contribution >= 4 is 16.9 Å². The molecular formula is C17H13N3O3. The van der Waals surface area contributed by atoms with Gasteiger partial charge in [-0.3, -0.25) is 4.79 Å². The first-order chi connectivity index (χ1) is 11.2. The lowest BCUT2D eigenvalue weighted by Gasteiger charge is -2.10. The van der Waals surface area contributed by atoms with E-state index in [1.54, 1.807) is 37.4 Å². The summed E-state index contributed by atoms with van der Waals surface area (Å²) in [4.78, 5) is 31.0. The Bertz CT molecular complexity index is 979. The molecule has 3 rings (SSSR count). The Morgan fingerprint density at radius 3 is 2.83 bits per heavy atom. The van der Waals surface area contributed by atoms with Crippen LogP contribution >= 0.6 is 0 Å². The van der Waals surface area contributed by atoms with Gasteiger partial charge in [-0.25, -0.2) is 4.79 Å². The second kappa shape index (κ2) is 5.81. The number of nitrogens with zero attached hydrogens (tertiary/aromatic N) is 1. The SMILES string of the molecule is CCOC(=O)c1c(-c2ccc[nH]2)[nH]c2cc(C#N)ccc2c1=O. The second-order valence-electron chi connectivity index (χ2n) is 4.88. The number of nitriles is 1. The van der Waals surface area contributed by atoms with Crippen molar-refractivity contribution in [2.75, 3.05) is 6.61 Å². The molecule has 23 heavy (non-hydrogen) atoms. The maximum atomic E-state index is 12.7. The Morgan fingerprint density at radius 1 is 1.35 bits per heavy atom. The summed E-state index contributed by atoms with van der Waals surface area (Å²) < 4.78 is 5.02. The van der Waals surface area contributed by atoms with Gasteiger partial charge in [-0.2, -0.15) is 5.26 Å². The molecule has 0 aliphatic rings. The summed E-state index contributed by atoms with van der Waals surface area (Å²) in [5.74, 6) is -0.676. The van der Waals surface area contributed by atoms with E-state index in [1.165, 1.54) is 6.07 Å². The maximum absolute atomic E-state index is 12.7. The average Bonchev–Trinajstić information content (AvgIpc) is 3.08. The third kappa shape index (κ3) is 2.49. The van der Waals surface area contributed by atoms with Gasteiger partial charge in [0.2, 0.25) is 5.43 Å². The number of esters is 1. The molecule has 0 aliphatic heterocycles. The van der Waals surface area contributed by atoms with E-state index in [9.17, 15) is 9.59 Å².